The van der Waals surface area contributed by atoms with Gasteiger partial charge < -0.3 is 5.73 Å². The van der Waals surface area contributed by atoms with Crippen molar-refractivity contribution in [3.8, 4) is 28.1 Å². The number of halogens is 1. The maximum absolute atomic E-state index is 6.38. The average molecular weight is 441 g/mol. The molecule has 0 atom stereocenters. The SMILES string of the molecule is Nc1nc2c(cc1-c1ccccc1)c(-c1ccc(Br)cc1)nn2-c1ccccc1. The summed E-state index contributed by atoms with van der Waals surface area (Å²) in [6.45, 7) is 0. The van der Waals surface area contributed by atoms with E-state index >= 15 is 0 Å². The van der Waals surface area contributed by atoms with E-state index in [0.29, 0.717) is 5.82 Å². The Kier molecular flexibility index (Phi) is 4.37. The minimum Gasteiger partial charge on any atom is -0.383 e. The molecule has 0 bridgehead atoms. The van der Waals surface area contributed by atoms with Crippen LogP contribution in [0.5, 0.6) is 0 Å². The summed E-state index contributed by atoms with van der Waals surface area (Å²) in [6.07, 6.45) is 0. The zero-order valence-electron chi connectivity index (χ0n) is 15.5. The van der Waals surface area contributed by atoms with Crippen LogP contribution in [0.4, 0.5) is 5.82 Å². The van der Waals surface area contributed by atoms with Crippen LogP contribution >= 0.6 is 15.9 Å². The molecule has 0 amide bonds. The van der Waals surface area contributed by atoms with Gasteiger partial charge in [-0.05, 0) is 35.9 Å². The highest BCUT2D eigenvalue weighted by Gasteiger charge is 2.18. The van der Waals surface area contributed by atoms with E-state index in [-0.39, 0.29) is 0 Å². The molecule has 5 aromatic rings. The number of para-hydroxylation sites is 1. The van der Waals surface area contributed by atoms with Crippen molar-refractivity contribution in [1.29, 1.82) is 0 Å². The molecule has 140 valence electrons. The van der Waals surface area contributed by atoms with Gasteiger partial charge in [0.15, 0.2) is 5.65 Å². The van der Waals surface area contributed by atoms with Crippen molar-refractivity contribution in [1.82, 2.24) is 14.8 Å². The number of hydrogen-bond donors (Lipinski definition) is 1. The smallest absolute Gasteiger partial charge is 0.165 e. The zero-order valence-corrected chi connectivity index (χ0v) is 17.0. The van der Waals surface area contributed by atoms with Crippen molar-refractivity contribution in [3.63, 3.8) is 0 Å². The van der Waals surface area contributed by atoms with Gasteiger partial charge in [-0.1, -0.05) is 76.6 Å². The molecular weight excluding hydrogens is 424 g/mol. The minimum absolute atomic E-state index is 0.489. The molecule has 0 spiro atoms. The molecule has 4 nitrogen and oxygen atoms in total. The molecule has 0 unspecified atom stereocenters. The number of pyridine rings is 1. The molecule has 5 rings (SSSR count). The van der Waals surface area contributed by atoms with Crippen molar-refractivity contribution in [2.45, 2.75) is 0 Å². The Morgan fingerprint density at radius 1 is 0.759 bits per heavy atom. The van der Waals surface area contributed by atoms with E-state index in [1.54, 1.807) is 0 Å². The molecule has 0 fully saturated rings. The Hall–Kier alpha value is -3.44. The van der Waals surface area contributed by atoms with Gasteiger partial charge in [0.2, 0.25) is 0 Å². The molecule has 0 aliphatic heterocycles. The standard InChI is InChI=1S/C24H17BrN4/c25-18-13-11-17(12-14-18)22-21-15-20(16-7-3-1-4-8-16)23(26)27-24(21)29(28-22)19-9-5-2-6-10-19/h1-15H,(H2,26,27). The Labute approximate surface area is 176 Å². The van der Waals surface area contributed by atoms with E-state index < -0.39 is 0 Å². The van der Waals surface area contributed by atoms with Crippen molar-refractivity contribution in [2.24, 2.45) is 0 Å². The lowest BCUT2D eigenvalue weighted by Crippen LogP contribution is -2.00. The van der Waals surface area contributed by atoms with Crippen LogP contribution in [-0.2, 0) is 0 Å². The van der Waals surface area contributed by atoms with E-state index in [0.717, 1.165) is 43.6 Å². The summed E-state index contributed by atoms with van der Waals surface area (Å²) in [5.41, 5.74) is 11.9. The maximum Gasteiger partial charge on any atom is 0.165 e. The van der Waals surface area contributed by atoms with E-state index in [2.05, 4.69) is 34.1 Å². The average Bonchev–Trinajstić information content (AvgIpc) is 3.13. The predicted octanol–water partition coefficient (Wildman–Crippen LogP) is 6.10. The number of nitrogens with two attached hydrogens (primary N) is 1. The summed E-state index contributed by atoms with van der Waals surface area (Å²) in [6, 6.07) is 30.3. The van der Waals surface area contributed by atoms with Crippen LogP contribution in [0.25, 0.3) is 39.1 Å². The van der Waals surface area contributed by atoms with Gasteiger partial charge in [0.25, 0.3) is 0 Å². The maximum atomic E-state index is 6.38. The third-order valence-electron chi connectivity index (χ3n) is 4.89. The number of anilines is 1. The Balaban J connectivity index is 1.81. The summed E-state index contributed by atoms with van der Waals surface area (Å²) in [5, 5.41) is 5.88. The second-order valence-electron chi connectivity index (χ2n) is 6.76. The van der Waals surface area contributed by atoms with Crippen LogP contribution in [0.1, 0.15) is 0 Å². The molecule has 5 heteroatoms. The number of nitrogens with zero attached hydrogens (tertiary/aromatic N) is 3. The number of benzene rings is 3. The number of nitrogen functional groups attached to an aromatic ring is 1. The highest BCUT2D eigenvalue weighted by atomic mass is 79.9. The zero-order chi connectivity index (χ0) is 19.8. The normalized spacial score (nSPS) is 11.1. The number of fused-ring (bicyclic) bond motifs is 1. The van der Waals surface area contributed by atoms with E-state index in [4.69, 9.17) is 15.8 Å². The summed E-state index contributed by atoms with van der Waals surface area (Å²) in [5.74, 6) is 0.489. The number of rotatable bonds is 3. The van der Waals surface area contributed by atoms with Gasteiger partial charge in [0, 0.05) is 21.0 Å². The summed E-state index contributed by atoms with van der Waals surface area (Å²) in [7, 11) is 0. The lowest BCUT2D eigenvalue weighted by atomic mass is 10.0. The van der Waals surface area contributed by atoms with Crippen molar-refractivity contribution in [2.75, 3.05) is 5.73 Å². The first kappa shape index (κ1) is 17.6. The molecule has 2 N–H and O–H groups in total. The van der Waals surface area contributed by atoms with Gasteiger partial charge in [0.1, 0.15) is 11.5 Å². The summed E-state index contributed by atoms with van der Waals surface area (Å²) in [4.78, 5) is 4.76. The predicted molar refractivity (Wildman–Crippen MR) is 122 cm³/mol. The van der Waals surface area contributed by atoms with Crippen molar-refractivity contribution < 1.29 is 0 Å². The van der Waals surface area contributed by atoms with E-state index in [1.807, 2.05) is 77.5 Å². The Bertz CT molecular complexity index is 1290. The molecule has 29 heavy (non-hydrogen) atoms. The topological polar surface area (TPSA) is 56.7 Å². The fourth-order valence-corrected chi connectivity index (χ4v) is 3.74. The molecule has 0 aliphatic carbocycles. The number of aromatic nitrogens is 3. The minimum atomic E-state index is 0.489. The van der Waals surface area contributed by atoms with Gasteiger partial charge in [-0.3, -0.25) is 0 Å². The van der Waals surface area contributed by atoms with Gasteiger partial charge >= 0.3 is 0 Å². The third-order valence-corrected chi connectivity index (χ3v) is 5.42. The molecule has 0 aliphatic rings. The number of hydrogen-bond acceptors (Lipinski definition) is 3. The molecule has 0 saturated carbocycles. The summed E-state index contributed by atoms with van der Waals surface area (Å²) < 4.78 is 2.89. The fraction of sp³-hybridized carbons (Fsp3) is 0. The second kappa shape index (κ2) is 7.18. The van der Waals surface area contributed by atoms with Gasteiger partial charge in [0.05, 0.1) is 5.69 Å². The van der Waals surface area contributed by atoms with Crippen LogP contribution in [0, 0.1) is 0 Å². The first-order chi connectivity index (χ1) is 14.2. The summed E-state index contributed by atoms with van der Waals surface area (Å²) >= 11 is 3.51. The molecular formula is C24H17BrN4. The van der Waals surface area contributed by atoms with Crippen LogP contribution < -0.4 is 5.73 Å². The van der Waals surface area contributed by atoms with Crippen molar-refractivity contribution in [3.05, 3.63) is 95.5 Å². The van der Waals surface area contributed by atoms with Crippen LogP contribution in [0.2, 0.25) is 0 Å². The molecule has 3 aromatic carbocycles. The Morgan fingerprint density at radius 3 is 2.10 bits per heavy atom. The first-order valence-corrected chi connectivity index (χ1v) is 10.1. The van der Waals surface area contributed by atoms with Crippen molar-refractivity contribution >= 4 is 32.8 Å². The highest BCUT2D eigenvalue weighted by Crippen LogP contribution is 2.35. The Morgan fingerprint density at radius 2 is 1.41 bits per heavy atom. The van der Waals surface area contributed by atoms with Crippen LogP contribution in [-0.4, -0.2) is 14.8 Å². The van der Waals surface area contributed by atoms with Crippen LogP contribution in [0.3, 0.4) is 0 Å². The fourth-order valence-electron chi connectivity index (χ4n) is 3.47. The highest BCUT2D eigenvalue weighted by molar-refractivity contribution is 9.10. The van der Waals surface area contributed by atoms with Gasteiger partial charge in [-0.25, -0.2) is 9.67 Å². The van der Waals surface area contributed by atoms with E-state index in [9.17, 15) is 0 Å². The monoisotopic (exact) mass is 440 g/mol. The largest absolute Gasteiger partial charge is 0.383 e. The molecule has 2 aromatic heterocycles. The lowest BCUT2D eigenvalue weighted by Gasteiger charge is -2.07. The van der Waals surface area contributed by atoms with Crippen LogP contribution in [0.15, 0.2) is 95.5 Å². The molecule has 2 heterocycles. The van der Waals surface area contributed by atoms with E-state index in [1.165, 1.54) is 0 Å². The quantitative estimate of drug-likeness (QED) is 0.368. The van der Waals surface area contributed by atoms with Gasteiger partial charge in [-0.2, -0.15) is 5.10 Å². The van der Waals surface area contributed by atoms with Gasteiger partial charge in [-0.15, -0.1) is 0 Å². The molecule has 0 saturated heterocycles. The first-order valence-electron chi connectivity index (χ1n) is 9.27. The lowest BCUT2D eigenvalue weighted by molar-refractivity contribution is 0.902. The molecule has 0 radical (unpaired) electrons. The third kappa shape index (κ3) is 3.19. The second-order valence-corrected chi connectivity index (χ2v) is 7.68.